The molecule has 0 aliphatic carbocycles. The highest BCUT2D eigenvalue weighted by atomic mass is 35.5. The zero-order valence-electron chi connectivity index (χ0n) is 15.9. The molecule has 0 unspecified atom stereocenters. The molecule has 0 bridgehead atoms. The highest BCUT2D eigenvalue weighted by Gasteiger charge is 2.18. The summed E-state index contributed by atoms with van der Waals surface area (Å²) >= 11 is 6.14. The molecule has 0 aliphatic rings. The fourth-order valence-electron chi connectivity index (χ4n) is 3.14. The number of hydrogen-bond acceptors (Lipinski definition) is 5. The topological polar surface area (TPSA) is 92.8 Å². The number of hydrogen-bond donors (Lipinski definition) is 2. The second-order valence-corrected chi connectivity index (χ2v) is 6.79. The van der Waals surface area contributed by atoms with Crippen LogP contribution in [0.3, 0.4) is 0 Å². The van der Waals surface area contributed by atoms with Gasteiger partial charge in [0.2, 0.25) is 11.8 Å². The van der Waals surface area contributed by atoms with E-state index in [0.717, 1.165) is 33.4 Å². The number of fused-ring (bicyclic) bond motifs is 1. The van der Waals surface area contributed by atoms with Crippen molar-refractivity contribution in [1.82, 2.24) is 19.9 Å². The van der Waals surface area contributed by atoms with Crippen molar-refractivity contribution in [2.24, 2.45) is 0 Å². The molecule has 4 aromatic rings. The Morgan fingerprint density at radius 3 is 2.72 bits per heavy atom. The molecule has 0 saturated heterocycles. The third kappa shape index (κ3) is 3.90. The van der Waals surface area contributed by atoms with Gasteiger partial charge in [-0.15, -0.1) is 0 Å². The van der Waals surface area contributed by atoms with Crippen molar-refractivity contribution in [3.05, 3.63) is 53.9 Å². The maximum Gasteiger partial charge on any atom is 0.222 e. The van der Waals surface area contributed by atoms with Crippen LogP contribution in [0.5, 0.6) is 5.88 Å². The number of nitrogens with one attached hydrogen (secondary N) is 2. The molecule has 4 aromatic heterocycles. The van der Waals surface area contributed by atoms with E-state index >= 15 is 0 Å². The molecule has 146 valence electrons. The average Bonchev–Trinajstić information content (AvgIpc) is 3.07. The Morgan fingerprint density at radius 2 is 2.00 bits per heavy atom. The Labute approximate surface area is 172 Å². The monoisotopic (exact) mass is 407 g/mol. The lowest BCUT2D eigenvalue weighted by atomic mass is 10.0. The number of H-pyrrole nitrogens is 1. The molecule has 0 aromatic carbocycles. The van der Waals surface area contributed by atoms with Gasteiger partial charge in [-0.25, -0.2) is 9.97 Å². The van der Waals surface area contributed by atoms with Gasteiger partial charge in [0.05, 0.1) is 28.4 Å². The van der Waals surface area contributed by atoms with E-state index in [9.17, 15) is 4.79 Å². The molecule has 1 amide bonds. The van der Waals surface area contributed by atoms with Crippen LogP contribution in [0.4, 0.5) is 5.82 Å². The van der Waals surface area contributed by atoms with Gasteiger partial charge < -0.3 is 15.0 Å². The molecule has 4 heterocycles. The van der Waals surface area contributed by atoms with Crippen molar-refractivity contribution >= 4 is 34.4 Å². The Morgan fingerprint density at radius 1 is 1.14 bits per heavy atom. The van der Waals surface area contributed by atoms with Crippen molar-refractivity contribution in [1.29, 1.82) is 0 Å². The number of amides is 1. The quantitative estimate of drug-likeness (QED) is 0.500. The Kier molecular flexibility index (Phi) is 5.14. The standard InChI is InChI=1S/C21H18ClN5O2/c1-3-29-18-5-4-14(10-24-18)19-20(27-16-9-15(22)11-25-21(16)19)13-6-7-23-17(8-13)26-12(2)28/h4-11,27H,3H2,1-2H3,(H,23,26,28). The van der Waals surface area contributed by atoms with Crippen molar-refractivity contribution < 1.29 is 9.53 Å². The van der Waals surface area contributed by atoms with E-state index in [1.165, 1.54) is 6.92 Å². The predicted molar refractivity (Wildman–Crippen MR) is 113 cm³/mol. The molecule has 8 heteroatoms. The Bertz CT molecular complexity index is 1190. The summed E-state index contributed by atoms with van der Waals surface area (Å²) in [6, 6.07) is 9.26. The summed E-state index contributed by atoms with van der Waals surface area (Å²) in [6.07, 6.45) is 5.01. The first-order valence-electron chi connectivity index (χ1n) is 9.05. The third-order valence-corrected chi connectivity index (χ3v) is 4.48. The molecule has 29 heavy (non-hydrogen) atoms. The second-order valence-electron chi connectivity index (χ2n) is 6.35. The Hall–Kier alpha value is -3.45. The van der Waals surface area contributed by atoms with Gasteiger partial charge in [0.25, 0.3) is 0 Å². The number of carbonyl (C=O) groups excluding carboxylic acids is 1. The smallest absolute Gasteiger partial charge is 0.222 e. The van der Waals surface area contributed by atoms with E-state index in [0.29, 0.717) is 23.3 Å². The minimum Gasteiger partial charge on any atom is -0.478 e. The fourth-order valence-corrected chi connectivity index (χ4v) is 3.30. The number of pyridine rings is 3. The van der Waals surface area contributed by atoms with E-state index in [4.69, 9.17) is 16.3 Å². The van der Waals surface area contributed by atoms with Gasteiger partial charge in [-0.1, -0.05) is 11.6 Å². The van der Waals surface area contributed by atoms with E-state index in [-0.39, 0.29) is 5.91 Å². The van der Waals surface area contributed by atoms with Crippen LogP contribution in [0.25, 0.3) is 33.4 Å². The van der Waals surface area contributed by atoms with Crippen molar-refractivity contribution in [3.63, 3.8) is 0 Å². The van der Waals surface area contributed by atoms with Crippen LogP contribution in [0.15, 0.2) is 48.9 Å². The summed E-state index contributed by atoms with van der Waals surface area (Å²) in [5.74, 6) is 0.844. The number of ether oxygens (including phenoxy) is 1. The number of aromatic nitrogens is 4. The fraction of sp³-hybridized carbons (Fsp3) is 0.143. The lowest BCUT2D eigenvalue weighted by molar-refractivity contribution is -0.114. The van der Waals surface area contributed by atoms with E-state index in [1.54, 1.807) is 24.7 Å². The van der Waals surface area contributed by atoms with E-state index < -0.39 is 0 Å². The molecule has 4 rings (SSSR count). The highest BCUT2D eigenvalue weighted by Crippen LogP contribution is 2.38. The number of anilines is 1. The highest BCUT2D eigenvalue weighted by molar-refractivity contribution is 6.31. The maximum atomic E-state index is 11.4. The van der Waals surface area contributed by atoms with Crippen LogP contribution in [0, 0.1) is 0 Å². The van der Waals surface area contributed by atoms with Gasteiger partial charge in [0.15, 0.2) is 0 Å². The molecular weight excluding hydrogens is 390 g/mol. The summed E-state index contributed by atoms with van der Waals surface area (Å²) in [7, 11) is 0. The molecule has 0 saturated carbocycles. The average molecular weight is 408 g/mol. The van der Waals surface area contributed by atoms with Crippen LogP contribution in [0.1, 0.15) is 13.8 Å². The number of carbonyl (C=O) groups is 1. The van der Waals surface area contributed by atoms with Crippen molar-refractivity contribution in [2.75, 3.05) is 11.9 Å². The largest absolute Gasteiger partial charge is 0.478 e. The van der Waals surface area contributed by atoms with E-state index in [2.05, 4.69) is 25.3 Å². The Balaban J connectivity index is 1.90. The van der Waals surface area contributed by atoms with Gasteiger partial charge >= 0.3 is 0 Å². The first-order valence-corrected chi connectivity index (χ1v) is 9.43. The lowest BCUT2D eigenvalue weighted by Gasteiger charge is -2.08. The first-order chi connectivity index (χ1) is 14.0. The molecule has 2 N–H and O–H groups in total. The van der Waals surface area contributed by atoms with Crippen LogP contribution in [0.2, 0.25) is 5.02 Å². The minimum atomic E-state index is -0.185. The molecule has 0 fully saturated rings. The molecule has 0 spiro atoms. The number of rotatable bonds is 5. The van der Waals surface area contributed by atoms with E-state index in [1.807, 2.05) is 31.2 Å². The normalized spacial score (nSPS) is 10.9. The van der Waals surface area contributed by atoms with Crippen LogP contribution in [-0.4, -0.2) is 32.4 Å². The SMILES string of the molecule is CCOc1ccc(-c2c(-c3ccnc(NC(C)=O)c3)[nH]c3cc(Cl)cnc23)cn1. The first kappa shape index (κ1) is 18.9. The molecular formula is C21H18ClN5O2. The predicted octanol–water partition coefficient (Wildman–Crippen LogP) is 4.70. The maximum absolute atomic E-state index is 11.4. The zero-order chi connectivity index (χ0) is 20.4. The summed E-state index contributed by atoms with van der Waals surface area (Å²) in [5, 5.41) is 3.25. The van der Waals surface area contributed by atoms with Crippen molar-refractivity contribution in [2.45, 2.75) is 13.8 Å². The molecule has 0 radical (unpaired) electrons. The van der Waals surface area contributed by atoms with Gasteiger partial charge in [-0.2, -0.15) is 0 Å². The molecule has 7 nitrogen and oxygen atoms in total. The molecule has 0 atom stereocenters. The van der Waals surface area contributed by atoms with Crippen molar-refractivity contribution in [3.8, 4) is 28.3 Å². The van der Waals surface area contributed by atoms with Gasteiger partial charge in [0, 0.05) is 48.3 Å². The van der Waals surface area contributed by atoms with Gasteiger partial charge in [-0.3, -0.25) is 9.78 Å². The summed E-state index contributed by atoms with van der Waals surface area (Å²) < 4.78 is 5.45. The number of aromatic amines is 1. The summed E-state index contributed by atoms with van der Waals surface area (Å²) in [6.45, 7) is 3.91. The number of halogens is 1. The van der Waals surface area contributed by atoms with Crippen LogP contribution < -0.4 is 10.1 Å². The second kappa shape index (κ2) is 7.89. The summed E-state index contributed by atoms with van der Waals surface area (Å²) in [5.41, 5.74) is 5.01. The molecule has 0 aliphatic heterocycles. The zero-order valence-corrected chi connectivity index (χ0v) is 16.6. The van der Waals surface area contributed by atoms with Gasteiger partial charge in [0.1, 0.15) is 5.82 Å². The van der Waals surface area contributed by atoms with Crippen LogP contribution >= 0.6 is 11.6 Å². The minimum absolute atomic E-state index is 0.185. The summed E-state index contributed by atoms with van der Waals surface area (Å²) in [4.78, 5) is 27.9. The third-order valence-electron chi connectivity index (χ3n) is 4.27. The number of nitrogens with zero attached hydrogens (tertiary/aromatic N) is 3. The lowest BCUT2D eigenvalue weighted by Crippen LogP contribution is -2.07. The van der Waals surface area contributed by atoms with Gasteiger partial charge in [-0.05, 0) is 31.2 Å². The van der Waals surface area contributed by atoms with Crippen LogP contribution in [-0.2, 0) is 4.79 Å².